The molecule has 5 aliphatic rings. The molecule has 5 nitrogen and oxygen atoms in total. The average Bonchev–Trinajstić information content (AvgIpc) is 3.33. The van der Waals surface area contributed by atoms with Gasteiger partial charge in [-0.1, -0.05) is 60.6 Å². The molecule has 254 valence electrons. The van der Waals surface area contributed by atoms with E-state index in [-0.39, 0.29) is 52.5 Å². The molecule has 5 aliphatic carbocycles. The van der Waals surface area contributed by atoms with Crippen molar-refractivity contribution >= 4 is 11.9 Å². The van der Waals surface area contributed by atoms with Gasteiger partial charge in [0.15, 0.2) is 0 Å². The molecule has 0 aromatic carbocycles. The van der Waals surface area contributed by atoms with Crippen LogP contribution in [0.3, 0.4) is 0 Å². The number of rotatable bonds is 8. The highest BCUT2D eigenvalue weighted by Crippen LogP contribution is 2.77. The molecule has 0 radical (unpaired) electrons. The molecular weight excluding hydrogens is 560 g/mol. The lowest BCUT2D eigenvalue weighted by Crippen LogP contribution is -2.66. The molecular formula is C40H64O5. The predicted molar refractivity (Wildman–Crippen MR) is 180 cm³/mol. The maximum Gasteiger partial charge on any atom is 0.306 e. The number of allylic oxidation sites excluding steroid dienone is 2. The van der Waals surface area contributed by atoms with Crippen molar-refractivity contribution in [2.24, 2.45) is 62.1 Å². The van der Waals surface area contributed by atoms with E-state index >= 15 is 0 Å². The Kier molecular flexibility index (Phi) is 9.00. The molecule has 45 heavy (non-hydrogen) atoms. The van der Waals surface area contributed by atoms with Gasteiger partial charge >= 0.3 is 11.9 Å². The minimum atomic E-state index is -0.488. The van der Waals surface area contributed by atoms with Crippen LogP contribution < -0.4 is 0 Å². The van der Waals surface area contributed by atoms with Crippen molar-refractivity contribution in [3.63, 3.8) is 0 Å². The van der Waals surface area contributed by atoms with Crippen molar-refractivity contribution in [2.75, 3.05) is 14.2 Å². The number of carbonyl (C=O) groups excluding carboxylic acids is 2. The summed E-state index contributed by atoms with van der Waals surface area (Å²) in [6, 6.07) is 0. The lowest BCUT2D eigenvalue weighted by atomic mass is 9.32. The normalized spacial score (nSPS) is 43.8. The number of carbonyl (C=O) groups is 2. The van der Waals surface area contributed by atoms with Crippen molar-refractivity contribution in [1.29, 1.82) is 0 Å². The fourth-order valence-corrected chi connectivity index (χ4v) is 13.0. The summed E-state index contributed by atoms with van der Waals surface area (Å²) in [7, 11) is 3.19. The van der Waals surface area contributed by atoms with Crippen LogP contribution in [0.4, 0.5) is 0 Å². The van der Waals surface area contributed by atoms with Crippen LogP contribution in [0.5, 0.6) is 0 Å². The number of esters is 2. The summed E-state index contributed by atoms with van der Waals surface area (Å²) in [6.45, 7) is 23.4. The quantitative estimate of drug-likeness (QED) is 0.153. The predicted octanol–water partition coefficient (Wildman–Crippen LogP) is 9.70. The van der Waals surface area contributed by atoms with Crippen LogP contribution in [-0.4, -0.2) is 32.3 Å². The van der Waals surface area contributed by atoms with E-state index in [1.165, 1.54) is 64.0 Å². The summed E-state index contributed by atoms with van der Waals surface area (Å²) >= 11 is 0. The zero-order chi connectivity index (χ0) is 33.2. The van der Waals surface area contributed by atoms with Crippen LogP contribution in [0.15, 0.2) is 24.5 Å². The van der Waals surface area contributed by atoms with Crippen LogP contribution in [0.1, 0.15) is 132 Å². The standard InChI is InChI=1S/C40H64O5/c1-26(2)27-14-19-40(22-23-43-10)21-20-38(8)28(34(27)40)12-13-30-37(7)17-16-31(36(5,6)29(37)15-18-39(30,38)9)45-33(42)25-35(3,4)24-32(41)44-11/h22-23,27-31,34H,1,12-21,24-25H2,2-11H3/t27-,28?,29?,30?,31-,34?,37-,38+,39+,40+/m0/s1. The summed E-state index contributed by atoms with van der Waals surface area (Å²) in [6.07, 6.45) is 16.9. The first kappa shape index (κ1) is 34.6. The first-order valence-electron chi connectivity index (χ1n) is 18.0. The summed E-state index contributed by atoms with van der Waals surface area (Å²) < 4.78 is 16.7. The summed E-state index contributed by atoms with van der Waals surface area (Å²) in [5.74, 6) is 2.68. The Balaban J connectivity index is 1.38. The Bertz CT molecular complexity index is 1200. The molecule has 4 unspecified atom stereocenters. The first-order chi connectivity index (χ1) is 20.9. The Morgan fingerprint density at radius 3 is 2.16 bits per heavy atom. The topological polar surface area (TPSA) is 61.8 Å². The lowest BCUT2D eigenvalue weighted by Gasteiger charge is -2.73. The second-order valence-corrected chi connectivity index (χ2v) is 18.4. The van der Waals surface area contributed by atoms with Gasteiger partial charge in [-0.05, 0) is 134 Å². The molecule has 0 saturated heterocycles. The van der Waals surface area contributed by atoms with Crippen molar-refractivity contribution in [3.05, 3.63) is 24.5 Å². The molecule has 0 aromatic heterocycles. The molecule has 0 aromatic rings. The highest BCUT2D eigenvalue weighted by molar-refractivity contribution is 5.74. The van der Waals surface area contributed by atoms with Gasteiger partial charge in [0.1, 0.15) is 6.10 Å². The molecule has 0 amide bonds. The van der Waals surface area contributed by atoms with Crippen molar-refractivity contribution < 1.29 is 23.8 Å². The molecule has 0 heterocycles. The maximum atomic E-state index is 13.3. The molecule has 0 N–H and O–H groups in total. The highest BCUT2D eigenvalue weighted by atomic mass is 16.5. The van der Waals surface area contributed by atoms with E-state index in [9.17, 15) is 9.59 Å². The number of methoxy groups -OCH3 is 2. The van der Waals surface area contributed by atoms with Gasteiger partial charge in [-0.2, -0.15) is 0 Å². The third-order valence-electron chi connectivity index (χ3n) is 15.4. The number of hydrogen-bond donors (Lipinski definition) is 0. The fraction of sp³-hybridized carbons (Fsp3) is 0.850. The van der Waals surface area contributed by atoms with Gasteiger partial charge in [0, 0.05) is 5.41 Å². The number of fused-ring (bicyclic) bond motifs is 7. The zero-order valence-corrected chi connectivity index (χ0v) is 30.4. The van der Waals surface area contributed by atoms with Gasteiger partial charge in [-0.25, -0.2) is 0 Å². The summed E-state index contributed by atoms with van der Waals surface area (Å²) in [4.78, 5) is 25.2. The van der Waals surface area contributed by atoms with Crippen LogP contribution in [-0.2, 0) is 23.8 Å². The van der Waals surface area contributed by atoms with Crippen LogP contribution in [0.25, 0.3) is 0 Å². The van der Waals surface area contributed by atoms with E-state index in [2.05, 4.69) is 54.2 Å². The van der Waals surface area contributed by atoms with Crippen LogP contribution in [0.2, 0.25) is 0 Å². The third-order valence-corrected chi connectivity index (χ3v) is 15.4. The molecule has 0 spiro atoms. The lowest BCUT2D eigenvalue weighted by molar-refractivity contribution is -0.247. The second-order valence-electron chi connectivity index (χ2n) is 18.4. The molecule has 5 saturated carbocycles. The van der Waals surface area contributed by atoms with Gasteiger partial charge in [0.2, 0.25) is 0 Å². The van der Waals surface area contributed by atoms with Crippen LogP contribution >= 0.6 is 0 Å². The van der Waals surface area contributed by atoms with E-state index < -0.39 is 5.41 Å². The Labute approximate surface area is 274 Å². The molecule has 10 atom stereocenters. The van der Waals surface area contributed by atoms with E-state index in [1.807, 2.05) is 20.1 Å². The van der Waals surface area contributed by atoms with E-state index in [1.54, 1.807) is 7.11 Å². The summed E-state index contributed by atoms with van der Waals surface area (Å²) in [5.41, 5.74) is 1.85. The number of hydrogen-bond acceptors (Lipinski definition) is 5. The van der Waals surface area contributed by atoms with Gasteiger partial charge in [-0.15, -0.1) is 0 Å². The first-order valence-corrected chi connectivity index (χ1v) is 18.0. The van der Waals surface area contributed by atoms with Crippen LogP contribution in [0, 0.1) is 62.1 Å². The zero-order valence-electron chi connectivity index (χ0n) is 30.4. The largest absolute Gasteiger partial charge is 0.505 e. The smallest absolute Gasteiger partial charge is 0.306 e. The maximum absolute atomic E-state index is 13.3. The molecule has 5 rings (SSSR count). The minimum Gasteiger partial charge on any atom is -0.505 e. The van der Waals surface area contributed by atoms with Crippen molar-refractivity contribution in [2.45, 2.75) is 139 Å². The van der Waals surface area contributed by atoms with Gasteiger partial charge < -0.3 is 14.2 Å². The second kappa shape index (κ2) is 11.7. The molecule has 0 bridgehead atoms. The Morgan fingerprint density at radius 2 is 1.51 bits per heavy atom. The van der Waals surface area contributed by atoms with E-state index in [0.717, 1.165) is 12.8 Å². The number of ether oxygens (including phenoxy) is 3. The van der Waals surface area contributed by atoms with Gasteiger partial charge in [-0.3, -0.25) is 9.59 Å². The van der Waals surface area contributed by atoms with E-state index in [0.29, 0.717) is 35.0 Å². The van der Waals surface area contributed by atoms with E-state index in [4.69, 9.17) is 14.2 Å². The molecule has 5 heteroatoms. The Morgan fingerprint density at radius 1 is 0.822 bits per heavy atom. The molecule has 5 fully saturated rings. The van der Waals surface area contributed by atoms with Gasteiger partial charge in [0.05, 0.1) is 33.3 Å². The molecule has 0 aliphatic heterocycles. The fourth-order valence-electron chi connectivity index (χ4n) is 13.0. The Hall–Kier alpha value is -1.78. The monoisotopic (exact) mass is 624 g/mol. The minimum absolute atomic E-state index is 0.0917. The van der Waals surface area contributed by atoms with Crippen molar-refractivity contribution in [3.8, 4) is 0 Å². The highest BCUT2D eigenvalue weighted by Gasteiger charge is 2.70. The van der Waals surface area contributed by atoms with Gasteiger partial charge in [0.25, 0.3) is 0 Å². The SMILES string of the molecule is C=C(C)[C@@H]1CC[C@]2(C=COC)CC[C@]3(C)C(CCC4[C@@]5(C)CC[C@H](OC(=O)CC(C)(C)CC(=O)OC)C(C)(C)C5CC[C@]43C)C12. The van der Waals surface area contributed by atoms with Crippen molar-refractivity contribution in [1.82, 2.24) is 0 Å². The third kappa shape index (κ3) is 5.42. The summed E-state index contributed by atoms with van der Waals surface area (Å²) in [5, 5.41) is 0. The average molecular weight is 625 g/mol.